The van der Waals surface area contributed by atoms with Crippen LogP contribution in [0, 0.1) is 0 Å². The Kier molecular flexibility index (Phi) is 9.02. The van der Waals surface area contributed by atoms with E-state index in [-0.39, 0.29) is 17.6 Å². The van der Waals surface area contributed by atoms with E-state index in [1.807, 2.05) is 0 Å². The van der Waals surface area contributed by atoms with E-state index in [2.05, 4.69) is 17.5 Å². The molecule has 110 valence electrons. The van der Waals surface area contributed by atoms with E-state index in [1.165, 1.54) is 19.1 Å². The molecule has 1 atom stereocenters. The molecule has 0 bridgehead atoms. The number of carbonyl (C=O) groups is 2. The van der Waals surface area contributed by atoms with Gasteiger partial charge in [0.2, 0.25) is 0 Å². The molecular weight excluding hydrogens is 270 g/mol. The van der Waals surface area contributed by atoms with E-state index in [4.69, 9.17) is 15.2 Å². The predicted octanol–water partition coefficient (Wildman–Crippen LogP) is -1.10. The first-order valence-electron chi connectivity index (χ1n) is 5.79. The number of rotatable bonds is 8. The van der Waals surface area contributed by atoms with Gasteiger partial charge in [0, 0.05) is 20.8 Å². The summed E-state index contributed by atoms with van der Waals surface area (Å²) in [6.45, 7) is 2.76. The largest absolute Gasteiger partial charge is 0.392 e. The second-order valence-corrected chi connectivity index (χ2v) is 4.47. The third-order valence-electron chi connectivity index (χ3n) is 2.35. The van der Waals surface area contributed by atoms with Gasteiger partial charge < -0.3 is 25.4 Å². The minimum absolute atomic E-state index is 0.00329. The number of amides is 2. The van der Waals surface area contributed by atoms with Gasteiger partial charge in [-0.2, -0.15) is 0 Å². The summed E-state index contributed by atoms with van der Waals surface area (Å²) in [4.78, 5) is 25.2. The zero-order chi connectivity index (χ0) is 14.8. The Bertz CT molecular complexity index is 325. The van der Waals surface area contributed by atoms with Gasteiger partial charge in [-0.05, 0) is 6.92 Å². The van der Waals surface area contributed by atoms with E-state index < -0.39 is 11.8 Å². The van der Waals surface area contributed by atoms with Gasteiger partial charge >= 0.3 is 11.8 Å². The first-order chi connectivity index (χ1) is 8.93. The number of nitrogens with zero attached hydrogens (tertiary/aromatic N) is 1. The zero-order valence-corrected chi connectivity index (χ0v) is 12.3. The number of nitrogens with one attached hydrogen (secondary N) is 1. The first kappa shape index (κ1) is 17.8. The van der Waals surface area contributed by atoms with Crippen LogP contribution in [0.4, 0.5) is 0 Å². The van der Waals surface area contributed by atoms with E-state index in [0.29, 0.717) is 19.8 Å². The van der Waals surface area contributed by atoms with E-state index in [9.17, 15) is 9.59 Å². The topological polar surface area (TPSA) is 93.9 Å². The second-order valence-electron chi connectivity index (χ2n) is 3.94. The monoisotopic (exact) mass is 291 g/mol. The van der Waals surface area contributed by atoms with Crippen LogP contribution in [0.5, 0.6) is 0 Å². The van der Waals surface area contributed by atoms with Crippen LogP contribution in [-0.2, 0) is 19.1 Å². The Labute approximate surface area is 118 Å². The zero-order valence-electron chi connectivity index (χ0n) is 11.5. The number of thiocarbonyl (C=S) groups is 1. The molecule has 0 aromatic heterocycles. The Hall–Kier alpha value is -1.25. The third kappa shape index (κ3) is 7.04. The van der Waals surface area contributed by atoms with Crippen molar-refractivity contribution in [3.63, 3.8) is 0 Å². The summed E-state index contributed by atoms with van der Waals surface area (Å²) in [5, 5.41) is 2.36. The molecule has 3 N–H and O–H groups in total. The SMILES string of the molecule is COCCN(C(=O)C(=O)NCC(N)=S)C(C)COC. The van der Waals surface area contributed by atoms with Crippen molar-refractivity contribution >= 4 is 29.0 Å². The predicted molar refractivity (Wildman–Crippen MR) is 74.7 cm³/mol. The van der Waals surface area contributed by atoms with Crippen molar-refractivity contribution in [1.29, 1.82) is 0 Å². The summed E-state index contributed by atoms with van der Waals surface area (Å²) in [6, 6.07) is -0.233. The highest BCUT2D eigenvalue weighted by Crippen LogP contribution is 2.01. The van der Waals surface area contributed by atoms with Crippen LogP contribution in [0.15, 0.2) is 0 Å². The molecule has 0 saturated carbocycles. The summed E-state index contributed by atoms with van der Waals surface area (Å²) < 4.78 is 9.91. The van der Waals surface area contributed by atoms with Gasteiger partial charge in [-0.15, -0.1) is 0 Å². The maximum absolute atomic E-state index is 12.0. The van der Waals surface area contributed by atoms with Gasteiger partial charge in [0.05, 0.1) is 30.8 Å². The minimum Gasteiger partial charge on any atom is -0.392 e. The van der Waals surface area contributed by atoms with Gasteiger partial charge in [0.25, 0.3) is 0 Å². The Morgan fingerprint density at radius 2 is 2.00 bits per heavy atom. The molecule has 0 aliphatic heterocycles. The van der Waals surface area contributed by atoms with Gasteiger partial charge in [0.1, 0.15) is 0 Å². The van der Waals surface area contributed by atoms with Gasteiger partial charge in [-0.1, -0.05) is 12.2 Å². The fraction of sp³-hybridized carbons (Fsp3) is 0.727. The molecule has 8 heteroatoms. The number of methoxy groups -OCH3 is 2. The van der Waals surface area contributed by atoms with Crippen molar-refractivity contribution in [2.45, 2.75) is 13.0 Å². The van der Waals surface area contributed by atoms with Crippen LogP contribution in [0.1, 0.15) is 6.92 Å². The lowest BCUT2D eigenvalue weighted by Gasteiger charge is -2.27. The maximum Gasteiger partial charge on any atom is 0.312 e. The maximum atomic E-state index is 12.0. The Morgan fingerprint density at radius 3 is 2.47 bits per heavy atom. The van der Waals surface area contributed by atoms with Crippen molar-refractivity contribution in [2.24, 2.45) is 5.73 Å². The summed E-state index contributed by atoms with van der Waals surface area (Å²) in [7, 11) is 3.05. The minimum atomic E-state index is -0.744. The van der Waals surface area contributed by atoms with Crippen LogP contribution < -0.4 is 11.1 Å². The van der Waals surface area contributed by atoms with Gasteiger partial charge in [0.15, 0.2) is 0 Å². The first-order valence-corrected chi connectivity index (χ1v) is 6.19. The Balaban J connectivity index is 4.59. The van der Waals surface area contributed by atoms with Crippen LogP contribution in [0.2, 0.25) is 0 Å². The molecule has 19 heavy (non-hydrogen) atoms. The Morgan fingerprint density at radius 1 is 1.37 bits per heavy atom. The molecule has 0 saturated heterocycles. The van der Waals surface area contributed by atoms with Gasteiger partial charge in [-0.3, -0.25) is 9.59 Å². The summed E-state index contributed by atoms with van der Waals surface area (Å²) >= 11 is 4.63. The van der Waals surface area contributed by atoms with E-state index in [1.54, 1.807) is 6.92 Å². The summed E-state index contributed by atoms with van der Waals surface area (Å²) in [6.07, 6.45) is 0. The van der Waals surface area contributed by atoms with Crippen molar-refractivity contribution in [3.05, 3.63) is 0 Å². The normalized spacial score (nSPS) is 11.7. The lowest BCUT2D eigenvalue weighted by molar-refractivity contribution is -0.148. The fourth-order valence-electron chi connectivity index (χ4n) is 1.42. The quantitative estimate of drug-likeness (QED) is 0.435. The number of hydrogen-bond donors (Lipinski definition) is 2. The van der Waals surface area contributed by atoms with Crippen LogP contribution in [0.3, 0.4) is 0 Å². The number of ether oxygens (including phenoxy) is 2. The lowest BCUT2D eigenvalue weighted by Crippen LogP contribution is -2.50. The molecule has 0 aromatic rings. The molecule has 0 aliphatic carbocycles. The third-order valence-corrected chi connectivity index (χ3v) is 2.50. The van der Waals surface area contributed by atoms with Crippen molar-refractivity contribution in [1.82, 2.24) is 10.2 Å². The van der Waals surface area contributed by atoms with Crippen molar-refractivity contribution < 1.29 is 19.1 Å². The molecule has 0 aromatic carbocycles. The highest BCUT2D eigenvalue weighted by molar-refractivity contribution is 7.80. The summed E-state index contributed by atoms with van der Waals surface area (Å²) in [5.41, 5.74) is 5.26. The number of nitrogens with two attached hydrogens (primary N) is 1. The highest BCUT2D eigenvalue weighted by Gasteiger charge is 2.25. The van der Waals surface area contributed by atoms with Crippen LogP contribution in [-0.4, -0.2) is 68.3 Å². The van der Waals surface area contributed by atoms with E-state index in [0.717, 1.165) is 0 Å². The smallest absolute Gasteiger partial charge is 0.312 e. The molecule has 2 amide bonds. The summed E-state index contributed by atoms with van der Waals surface area (Å²) in [5.74, 6) is -1.40. The molecule has 0 heterocycles. The van der Waals surface area contributed by atoms with Crippen molar-refractivity contribution in [3.8, 4) is 0 Å². The number of carbonyl (C=O) groups excluding carboxylic acids is 2. The standard InChI is InChI=1S/C11H21N3O4S/c1-8(7-18-3)14(4-5-17-2)11(16)10(15)13-6-9(12)19/h8H,4-7H2,1-3H3,(H2,12,19)(H,13,15). The molecule has 0 radical (unpaired) electrons. The van der Waals surface area contributed by atoms with Crippen LogP contribution >= 0.6 is 12.2 Å². The molecule has 0 rings (SSSR count). The molecular formula is C11H21N3O4S. The molecule has 0 aliphatic rings. The molecule has 0 spiro atoms. The second kappa shape index (κ2) is 9.65. The van der Waals surface area contributed by atoms with Crippen LogP contribution in [0.25, 0.3) is 0 Å². The lowest BCUT2D eigenvalue weighted by atomic mass is 10.2. The fourth-order valence-corrected chi connectivity index (χ4v) is 1.49. The van der Waals surface area contributed by atoms with Crippen molar-refractivity contribution in [2.75, 3.05) is 40.5 Å². The average molecular weight is 291 g/mol. The van der Waals surface area contributed by atoms with E-state index >= 15 is 0 Å². The molecule has 1 unspecified atom stereocenters. The molecule has 0 fully saturated rings. The highest BCUT2D eigenvalue weighted by atomic mass is 32.1. The number of hydrogen-bond acceptors (Lipinski definition) is 5. The van der Waals surface area contributed by atoms with Gasteiger partial charge in [-0.25, -0.2) is 0 Å². The average Bonchev–Trinajstić information content (AvgIpc) is 2.36. The molecule has 7 nitrogen and oxygen atoms in total.